The highest BCUT2D eigenvalue weighted by Crippen LogP contribution is 2.01. The third-order valence-electron chi connectivity index (χ3n) is 3.03. The Hall–Kier alpha value is -0.990. The van der Waals surface area contributed by atoms with E-state index in [2.05, 4.69) is 15.5 Å². The predicted octanol–water partition coefficient (Wildman–Crippen LogP) is -0.176. The smallest absolute Gasteiger partial charge is 0.326 e. The fourth-order valence-corrected chi connectivity index (χ4v) is 2.33. The summed E-state index contributed by atoms with van der Waals surface area (Å²) in [4.78, 5) is 24.8. The number of nitrogens with one attached hydrogen (secondary N) is 2. The van der Waals surface area contributed by atoms with Crippen molar-refractivity contribution in [2.75, 3.05) is 51.4 Å². The molecule has 1 atom stereocenters. The van der Waals surface area contributed by atoms with Crippen LogP contribution in [0.2, 0.25) is 0 Å². The van der Waals surface area contributed by atoms with Gasteiger partial charge in [0.2, 0.25) is 0 Å². The van der Waals surface area contributed by atoms with Gasteiger partial charge in [-0.2, -0.15) is 11.8 Å². The van der Waals surface area contributed by atoms with Gasteiger partial charge in [-0.25, -0.2) is 9.59 Å². The SMILES string of the molecule is CSCCC(NC(=O)NCCN1CCOCC1)C(=O)O. The van der Waals surface area contributed by atoms with Crippen LogP contribution in [0.5, 0.6) is 0 Å². The van der Waals surface area contributed by atoms with E-state index in [1.54, 1.807) is 11.8 Å². The molecule has 1 heterocycles. The van der Waals surface area contributed by atoms with Gasteiger partial charge in [-0.05, 0) is 18.4 Å². The van der Waals surface area contributed by atoms with E-state index < -0.39 is 18.0 Å². The molecule has 116 valence electrons. The van der Waals surface area contributed by atoms with Crippen molar-refractivity contribution in [3.8, 4) is 0 Å². The zero-order chi connectivity index (χ0) is 14.8. The van der Waals surface area contributed by atoms with Crippen molar-refractivity contribution in [3.63, 3.8) is 0 Å². The van der Waals surface area contributed by atoms with Gasteiger partial charge in [0.15, 0.2) is 0 Å². The number of nitrogens with zero attached hydrogens (tertiary/aromatic N) is 1. The van der Waals surface area contributed by atoms with E-state index in [9.17, 15) is 9.59 Å². The van der Waals surface area contributed by atoms with E-state index in [4.69, 9.17) is 9.84 Å². The van der Waals surface area contributed by atoms with Crippen LogP contribution in [0.1, 0.15) is 6.42 Å². The molecule has 0 radical (unpaired) electrons. The van der Waals surface area contributed by atoms with E-state index in [-0.39, 0.29) is 0 Å². The highest BCUT2D eigenvalue weighted by Gasteiger charge is 2.19. The van der Waals surface area contributed by atoms with Crippen molar-refractivity contribution >= 4 is 23.8 Å². The summed E-state index contributed by atoms with van der Waals surface area (Å²) in [5, 5.41) is 14.2. The van der Waals surface area contributed by atoms with Crippen LogP contribution in [0.15, 0.2) is 0 Å². The quantitative estimate of drug-likeness (QED) is 0.576. The van der Waals surface area contributed by atoms with Gasteiger partial charge in [0.05, 0.1) is 13.2 Å². The number of carbonyl (C=O) groups excluding carboxylic acids is 1. The number of amides is 2. The van der Waals surface area contributed by atoms with Crippen molar-refractivity contribution < 1.29 is 19.4 Å². The normalized spacial score (nSPS) is 17.4. The first-order valence-electron chi connectivity index (χ1n) is 6.69. The molecule has 0 aromatic rings. The van der Waals surface area contributed by atoms with Gasteiger partial charge in [0.1, 0.15) is 6.04 Å². The molecule has 0 aliphatic carbocycles. The molecule has 0 bridgehead atoms. The maximum absolute atomic E-state index is 11.6. The molecule has 0 saturated carbocycles. The summed E-state index contributed by atoms with van der Waals surface area (Å²) in [6.45, 7) is 4.44. The number of urea groups is 1. The maximum atomic E-state index is 11.6. The van der Waals surface area contributed by atoms with Gasteiger partial charge in [0, 0.05) is 26.2 Å². The van der Waals surface area contributed by atoms with Crippen molar-refractivity contribution in [1.82, 2.24) is 15.5 Å². The Morgan fingerprint density at radius 2 is 2.10 bits per heavy atom. The first-order valence-corrected chi connectivity index (χ1v) is 8.09. The molecular formula is C12H23N3O4S. The molecule has 1 fully saturated rings. The lowest BCUT2D eigenvalue weighted by Gasteiger charge is -2.26. The standard InChI is InChI=1S/C12H23N3O4S/c1-20-9-2-10(11(16)17)14-12(18)13-3-4-15-5-7-19-8-6-15/h10H,2-9H2,1H3,(H,16,17)(H2,13,14,18). The zero-order valence-corrected chi connectivity index (χ0v) is 12.6. The first kappa shape index (κ1) is 17.1. The highest BCUT2D eigenvalue weighted by atomic mass is 32.2. The number of carboxylic acid groups (broad SMARTS) is 1. The van der Waals surface area contributed by atoms with E-state index in [1.165, 1.54) is 0 Å². The Balaban J connectivity index is 2.18. The lowest BCUT2D eigenvalue weighted by atomic mass is 10.2. The largest absolute Gasteiger partial charge is 0.480 e. The molecule has 20 heavy (non-hydrogen) atoms. The molecule has 1 aliphatic rings. The predicted molar refractivity (Wildman–Crippen MR) is 78.2 cm³/mol. The Kier molecular flexibility index (Phi) is 8.40. The topological polar surface area (TPSA) is 90.9 Å². The van der Waals surface area contributed by atoms with Crippen LogP contribution >= 0.6 is 11.8 Å². The van der Waals surface area contributed by atoms with Gasteiger partial charge in [-0.15, -0.1) is 0 Å². The van der Waals surface area contributed by atoms with Crippen molar-refractivity contribution in [2.24, 2.45) is 0 Å². The number of rotatable bonds is 8. The average molecular weight is 305 g/mol. The lowest BCUT2D eigenvalue weighted by molar-refractivity contribution is -0.139. The maximum Gasteiger partial charge on any atom is 0.326 e. The first-order chi connectivity index (χ1) is 9.63. The number of carboxylic acids is 1. The Morgan fingerprint density at radius 3 is 2.70 bits per heavy atom. The molecule has 1 rings (SSSR count). The van der Waals surface area contributed by atoms with Gasteiger partial charge >= 0.3 is 12.0 Å². The number of aliphatic carboxylic acids is 1. The summed E-state index contributed by atoms with van der Waals surface area (Å²) in [5.41, 5.74) is 0. The molecule has 8 heteroatoms. The molecule has 7 nitrogen and oxygen atoms in total. The Morgan fingerprint density at radius 1 is 1.40 bits per heavy atom. The zero-order valence-electron chi connectivity index (χ0n) is 11.8. The Labute approximate surface area is 123 Å². The number of hydrogen-bond acceptors (Lipinski definition) is 5. The van der Waals surface area contributed by atoms with Crippen LogP contribution in [-0.2, 0) is 9.53 Å². The average Bonchev–Trinajstić information content (AvgIpc) is 2.44. The van der Waals surface area contributed by atoms with E-state index >= 15 is 0 Å². The molecule has 1 unspecified atom stereocenters. The summed E-state index contributed by atoms with van der Waals surface area (Å²) in [6, 6.07) is -1.25. The fraction of sp³-hybridized carbons (Fsp3) is 0.833. The summed E-state index contributed by atoms with van der Waals surface area (Å²) in [5.74, 6) is -0.298. The fourth-order valence-electron chi connectivity index (χ4n) is 1.85. The molecule has 3 N–H and O–H groups in total. The molecule has 0 spiro atoms. The van der Waals surface area contributed by atoms with Crippen LogP contribution in [-0.4, -0.2) is 79.5 Å². The Bertz CT molecular complexity index is 311. The van der Waals surface area contributed by atoms with Crippen molar-refractivity contribution in [3.05, 3.63) is 0 Å². The minimum absolute atomic E-state index is 0.424. The number of carbonyl (C=O) groups is 2. The van der Waals surface area contributed by atoms with Crippen LogP contribution in [0, 0.1) is 0 Å². The molecule has 0 aromatic carbocycles. The number of thioether (sulfide) groups is 1. The third kappa shape index (κ3) is 6.97. The monoisotopic (exact) mass is 305 g/mol. The van der Waals surface area contributed by atoms with E-state index in [0.717, 1.165) is 32.8 Å². The van der Waals surface area contributed by atoms with Gasteiger partial charge in [0.25, 0.3) is 0 Å². The summed E-state index contributed by atoms with van der Waals surface area (Å²) < 4.78 is 5.24. The lowest BCUT2D eigenvalue weighted by Crippen LogP contribution is -2.48. The third-order valence-corrected chi connectivity index (χ3v) is 3.68. The van der Waals surface area contributed by atoms with E-state index in [0.29, 0.717) is 18.7 Å². The second kappa shape index (κ2) is 9.84. The highest BCUT2D eigenvalue weighted by molar-refractivity contribution is 7.98. The molecule has 2 amide bonds. The van der Waals surface area contributed by atoms with Crippen LogP contribution < -0.4 is 10.6 Å². The minimum Gasteiger partial charge on any atom is -0.480 e. The number of ether oxygens (including phenoxy) is 1. The summed E-state index contributed by atoms with van der Waals surface area (Å²) in [6.07, 6.45) is 2.33. The van der Waals surface area contributed by atoms with Crippen LogP contribution in [0.25, 0.3) is 0 Å². The van der Waals surface area contributed by atoms with Crippen LogP contribution in [0.4, 0.5) is 4.79 Å². The number of morpholine rings is 1. The molecule has 1 saturated heterocycles. The molecule has 1 aliphatic heterocycles. The second-order valence-corrected chi connectivity index (χ2v) is 5.51. The van der Waals surface area contributed by atoms with Gasteiger partial charge in [-0.1, -0.05) is 0 Å². The van der Waals surface area contributed by atoms with Crippen LogP contribution in [0.3, 0.4) is 0 Å². The molecular weight excluding hydrogens is 282 g/mol. The second-order valence-electron chi connectivity index (χ2n) is 4.53. The van der Waals surface area contributed by atoms with Crippen molar-refractivity contribution in [2.45, 2.75) is 12.5 Å². The van der Waals surface area contributed by atoms with Gasteiger partial charge < -0.3 is 20.5 Å². The van der Waals surface area contributed by atoms with E-state index in [1.807, 2.05) is 6.26 Å². The summed E-state index contributed by atoms with van der Waals surface area (Å²) in [7, 11) is 0. The number of hydrogen-bond donors (Lipinski definition) is 3. The van der Waals surface area contributed by atoms with Gasteiger partial charge in [-0.3, -0.25) is 4.90 Å². The molecule has 0 aromatic heterocycles. The summed E-state index contributed by atoms with van der Waals surface area (Å²) >= 11 is 1.56. The minimum atomic E-state index is -0.998. The van der Waals surface area contributed by atoms with Crippen molar-refractivity contribution in [1.29, 1.82) is 0 Å².